The third-order valence-electron chi connectivity index (χ3n) is 4.07. The maximum absolute atomic E-state index is 12.6. The first kappa shape index (κ1) is 20.7. The van der Waals surface area contributed by atoms with E-state index < -0.39 is 12.1 Å². The van der Waals surface area contributed by atoms with Crippen LogP contribution in [0.25, 0.3) is 11.3 Å². The molecule has 0 aliphatic rings. The summed E-state index contributed by atoms with van der Waals surface area (Å²) in [4.78, 5) is 0. The summed E-state index contributed by atoms with van der Waals surface area (Å²) in [6, 6.07) is 5.32. The minimum absolute atomic E-state index is 0.00332. The normalized spacial score (nSPS) is 11.6. The van der Waals surface area contributed by atoms with Crippen LogP contribution in [0.3, 0.4) is 0 Å². The molecule has 0 radical (unpaired) electrons. The molecule has 0 amide bonds. The van der Waals surface area contributed by atoms with E-state index >= 15 is 0 Å². The van der Waals surface area contributed by atoms with Crippen molar-refractivity contribution in [2.45, 2.75) is 46.1 Å². The highest BCUT2D eigenvalue weighted by Gasteiger charge is 2.32. The van der Waals surface area contributed by atoms with E-state index in [9.17, 15) is 18.4 Å². The van der Waals surface area contributed by atoms with Crippen LogP contribution in [0.15, 0.2) is 30.5 Å². The summed E-state index contributed by atoms with van der Waals surface area (Å²) >= 11 is 0. The van der Waals surface area contributed by atoms with Crippen molar-refractivity contribution in [1.29, 1.82) is 0 Å². The summed E-state index contributed by atoms with van der Waals surface area (Å²) in [5, 5.41) is 12.6. The van der Waals surface area contributed by atoms with E-state index in [2.05, 4.69) is 4.74 Å². The van der Waals surface area contributed by atoms with Crippen molar-refractivity contribution >= 4 is 0 Å². The van der Waals surface area contributed by atoms with Crippen LogP contribution in [-0.2, 0) is 0 Å². The van der Waals surface area contributed by atoms with Crippen molar-refractivity contribution in [3.63, 3.8) is 0 Å². The summed E-state index contributed by atoms with van der Waals surface area (Å²) in [6.45, 7) is 5.72. The van der Waals surface area contributed by atoms with Crippen LogP contribution in [-0.4, -0.2) is 19.6 Å². The van der Waals surface area contributed by atoms with E-state index in [1.165, 1.54) is 19.4 Å². The van der Waals surface area contributed by atoms with Crippen molar-refractivity contribution in [2.75, 3.05) is 7.11 Å². The lowest BCUT2D eigenvalue weighted by Crippen LogP contribution is -2.30. The highest BCUT2D eigenvalue weighted by Crippen LogP contribution is 2.35. The number of hydrogen-bond acceptors (Lipinski definition) is 4. The Balaban J connectivity index is 2.42. The van der Waals surface area contributed by atoms with Gasteiger partial charge in [0.2, 0.25) is 11.9 Å². The minimum atomic E-state index is -4.81. The van der Waals surface area contributed by atoms with Gasteiger partial charge in [-0.1, -0.05) is 13.8 Å². The Morgan fingerprint density at radius 2 is 1.78 bits per heavy atom. The van der Waals surface area contributed by atoms with Crippen molar-refractivity contribution in [2.24, 2.45) is 0 Å². The van der Waals surface area contributed by atoms with Gasteiger partial charge in [0.15, 0.2) is 5.75 Å². The molecular weight excluding hydrogens is 363 g/mol. The van der Waals surface area contributed by atoms with Crippen molar-refractivity contribution in [3.8, 4) is 28.5 Å². The fourth-order valence-corrected chi connectivity index (χ4v) is 2.78. The fraction of sp³-hybridized carbons (Fsp3) is 0.421. The minimum Gasteiger partial charge on any atom is -0.618 e. The number of aromatic nitrogens is 1. The second-order valence-electron chi connectivity index (χ2n) is 6.00. The van der Waals surface area contributed by atoms with Gasteiger partial charge in [-0.2, -0.15) is 4.73 Å². The topological polar surface area (TPSA) is 54.6 Å². The number of rotatable bonds is 7. The van der Waals surface area contributed by atoms with Crippen LogP contribution in [0.4, 0.5) is 13.2 Å². The Morgan fingerprint density at radius 3 is 2.30 bits per heavy atom. The first-order chi connectivity index (χ1) is 12.7. The highest BCUT2D eigenvalue weighted by molar-refractivity contribution is 5.69. The lowest BCUT2D eigenvalue weighted by Gasteiger charge is -2.17. The van der Waals surface area contributed by atoms with Gasteiger partial charge in [-0.3, -0.25) is 0 Å². The SMILES string of the molecule is CCC(CC)Oc1cc(C)c(-c2ccc(OC(F)(F)F)cc2OC)[n+]([O-])c1. The Labute approximate surface area is 155 Å². The van der Waals surface area contributed by atoms with Crippen LogP contribution in [0.2, 0.25) is 0 Å². The Morgan fingerprint density at radius 1 is 1.11 bits per heavy atom. The van der Waals surface area contributed by atoms with E-state index in [-0.39, 0.29) is 17.5 Å². The van der Waals surface area contributed by atoms with Gasteiger partial charge >= 0.3 is 6.36 Å². The van der Waals surface area contributed by atoms with Gasteiger partial charge in [0.1, 0.15) is 11.5 Å². The molecular formula is C19H22F3NO4. The summed E-state index contributed by atoms with van der Waals surface area (Å²) in [6.07, 6.45) is -1.88. The molecule has 2 rings (SSSR count). The standard InChI is InChI=1S/C19H22F3NO4/c1-5-13(6-2)26-15-9-12(3)18(23(24)11-15)16-8-7-14(10-17(16)25-4)27-19(20,21)22/h7-11,13H,5-6H2,1-4H3. The van der Waals surface area contributed by atoms with Gasteiger partial charge in [-0.15, -0.1) is 13.2 Å². The molecule has 5 nitrogen and oxygen atoms in total. The molecule has 1 aromatic heterocycles. The molecule has 0 aliphatic heterocycles. The molecule has 2 aromatic rings. The first-order valence-electron chi connectivity index (χ1n) is 8.53. The fourth-order valence-electron chi connectivity index (χ4n) is 2.78. The number of aryl methyl sites for hydroxylation is 1. The number of ether oxygens (including phenoxy) is 3. The van der Waals surface area contributed by atoms with Gasteiger partial charge in [-0.25, -0.2) is 0 Å². The maximum atomic E-state index is 12.6. The van der Waals surface area contributed by atoms with E-state index in [0.29, 0.717) is 21.6 Å². The van der Waals surface area contributed by atoms with Crippen molar-refractivity contribution in [1.82, 2.24) is 0 Å². The van der Waals surface area contributed by atoms with Gasteiger partial charge in [-0.05, 0) is 38.0 Å². The number of pyridine rings is 1. The lowest BCUT2D eigenvalue weighted by atomic mass is 10.0. The predicted molar refractivity (Wildman–Crippen MR) is 93.8 cm³/mol. The zero-order valence-electron chi connectivity index (χ0n) is 15.6. The molecule has 0 spiro atoms. The van der Waals surface area contributed by atoms with E-state index in [0.717, 1.165) is 25.0 Å². The molecule has 0 unspecified atom stereocenters. The average molecular weight is 385 g/mol. The third kappa shape index (κ3) is 5.18. The van der Waals surface area contributed by atoms with Crippen LogP contribution in [0.5, 0.6) is 17.2 Å². The number of halogens is 3. The van der Waals surface area contributed by atoms with Crippen molar-refractivity contribution in [3.05, 3.63) is 41.2 Å². The molecule has 0 atom stereocenters. The molecule has 1 aromatic carbocycles. The van der Waals surface area contributed by atoms with Gasteiger partial charge in [0.05, 0.1) is 18.8 Å². The van der Waals surface area contributed by atoms with E-state index in [1.54, 1.807) is 13.0 Å². The van der Waals surface area contributed by atoms with Gasteiger partial charge in [0.25, 0.3) is 0 Å². The molecule has 0 aliphatic carbocycles. The molecule has 27 heavy (non-hydrogen) atoms. The highest BCUT2D eigenvalue weighted by atomic mass is 19.4. The molecule has 0 saturated carbocycles. The first-order valence-corrected chi connectivity index (χ1v) is 8.53. The van der Waals surface area contributed by atoms with Gasteiger partial charge < -0.3 is 19.4 Å². The Kier molecular flexibility index (Phi) is 6.41. The zero-order valence-corrected chi connectivity index (χ0v) is 15.6. The quantitative estimate of drug-likeness (QED) is 0.509. The number of benzene rings is 1. The number of nitrogens with zero attached hydrogens (tertiary/aromatic N) is 1. The predicted octanol–water partition coefficient (Wildman–Crippen LogP) is 4.77. The number of alkyl halides is 3. The number of methoxy groups -OCH3 is 1. The van der Waals surface area contributed by atoms with Crippen LogP contribution >= 0.6 is 0 Å². The molecule has 0 N–H and O–H groups in total. The van der Waals surface area contributed by atoms with Crippen LogP contribution in [0, 0.1) is 12.1 Å². The summed E-state index contributed by atoms with van der Waals surface area (Å²) < 4.78 is 52.7. The molecule has 0 bridgehead atoms. The average Bonchev–Trinajstić information content (AvgIpc) is 2.58. The maximum Gasteiger partial charge on any atom is 0.573 e. The molecule has 1 heterocycles. The molecule has 8 heteroatoms. The van der Waals surface area contributed by atoms with E-state index in [4.69, 9.17) is 9.47 Å². The summed E-state index contributed by atoms with van der Waals surface area (Å²) in [7, 11) is 1.31. The number of hydrogen-bond donors (Lipinski definition) is 0. The zero-order chi connectivity index (χ0) is 20.2. The van der Waals surface area contributed by atoms with Crippen LogP contribution in [0.1, 0.15) is 32.3 Å². The Hall–Kier alpha value is -2.64. The van der Waals surface area contributed by atoms with Crippen LogP contribution < -0.4 is 18.9 Å². The summed E-state index contributed by atoms with van der Waals surface area (Å²) in [5.41, 5.74) is 1.23. The Bertz CT molecular complexity index is 766. The smallest absolute Gasteiger partial charge is 0.573 e. The molecule has 0 saturated heterocycles. The molecule has 148 valence electrons. The van der Waals surface area contributed by atoms with Gasteiger partial charge in [0, 0.05) is 11.6 Å². The van der Waals surface area contributed by atoms with E-state index in [1.807, 2.05) is 13.8 Å². The second kappa shape index (κ2) is 8.37. The third-order valence-corrected chi connectivity index (χ3v) is 4.07. The molecule has 0 fully saturated rings. The summed E-state index contributed by atoms with van der Waals surface area (Å²) in [5.74, 6) is 0.112. The monoisotopic (exact) mass is 385 g/mol. The lowest BCUT2D eigenvalue weighted by molar-refractivity contribution is -0.594. The second-order valence-corrected chi connectivity index (χ2v) is 6.00. The largest absolute Gasteiger partial charge is 0.618 e. The van der Waals surface area contributed by atoms with Crippen molar-refractivity contribution < 1.29 is 32.1 Å².